The molecule has 0 fully saturated rings. The quantitative estimate of drug-likeness (QED) is 0.132. The normalized spacial score (nSPS) is 13.1. The van der Waals surface area contributed by atoms with Crippen LogP contribution in [0.5, 0.6) is 0 Å². The molecule has 0 N–H and O–H groups in total. The lowest BCUT2D eigenvalue weighted by Crippen LogP contribution is -2.09. The number of fused-ring (bicyclic) bond motifs is 2. The molecule has 0 atom stereocenters. The van der Waals surface area contributed by atoms with Gasteiger partial charge in [0.25, 0.3) is 0 Å². The summed E-state index contributed by atoms with van der Waals surface area (Å²) in [5.41, 5.74) is 1.54. The van der Waals surface area contributed by atoms with Crippen LogP contribution in [0.2, 0.25) is 0 Å². The molecule has 0 saturated heterocycles. The molecule has 0 aliphatic carbocycles. The van der Waals surface area contributed by atoms with Crippen molar-refractivity contribution in [2.24, 2.45) is 8.73 Å². The number of benzene rings is 3. The molecule has 7 rings (SSSR count). The lowest BCUT2D eigenvalue weighted by atomic mass is 10.0. The Labute approximate surface area is 272 Å². The fourth-order valence-corrected chi connectivity index (χ4v) is 8.94. The van der Waals surface area contributed by atoms with Gasteiger partial charge in [0.2, 0.25) is 0 Å². The summed E-state index contributed by atoms with van der Waals surface area (Å²) >= 11 is 4.16. The maximum absolute atomic E-state index is 13.5. The van der Waals surface area contributed by atoms with E-state index in [2.05, 4.69) is 55.6 Å². The van der Waals surface area contributed by atoms with Gasteiger partial charge in [-0.15, -0.1) is 22.7 Å². The first-order chi connectivity index (χ1) is 21.4. The van der Waals surface area contributed by atoms with Crippen LogP contribution in [0.15, 0.2) is 74.3 Å². The van der Waals surface area contributed by atoms with Crippen molar-refractivity contribution in [1.82, 2.24) is 8.75 Å². The number of aromatic nitrogens is 2. The third kappa shape index (κ3) is 5.65. The van der Waals surface area contributed by atoms with E-state index in [1.165, 1.54) is 28.5 Å². The first-order valence-electron chi connectivity index (χ1n) is 13.0. The molecule has 228 valence electrons. The molecule has 4 heterocycles. The minimum atomic E-state index is -4.93. The van der Waals surface area contributed by atoms with E-state index in [4.69, 9.17) is 0 Å². The van der Waals surface area contributed by atoms with Crippen LogP contribution in [-0.4, -0.2) is 14.3 Å². The zero-order valence-corrected chi connectivity index (χ0v) is 27.0. The second-order valence-electron chi connectivity index (χ2n) is 10.1. The summed E-state index contributed by atoms with van der Waals surface area (Å²) in [6, 6.07) is 16.7. The maximum Gasteiger partial charge on any atom is 0.446 e. The van der Waals surface area contributed by atoms with Gasteiger partial charge in [0, 0.05) is 35.5 Å². The van der Waals surface area contributed by atoms with E-state index in [1.54, 1.807) is 23.5 Å². The zero-order chi connectivity index (χ0) is 31.7. The average Bonchev–Trinajstić information content (AvgIpc) is 3.79. The Kier molecular flexibility index (Phi) is 7.51. The average molecular weight is 707 g/mol. The number of thiophene rings is 2. The lowest BCUT2D eigenvalue weighted by molar-refractivity contribution is -0.139. The van der Waals surface area contributed by atoms with Crippen LogP contribution in [-0.2, 0) is 17.5 Å². The van der Waals surface area contributed by atoms with Crippen LogP contribution < -0.4 is 0 Å². The van der Waals surface area contributed by atoms with E-state index >= 15 is 0 Å². The monoisotopic (exact) mass is 706 g/mol. The summed E-state index contributed by atoms with van der Waals surface area (Å²) in [6.07, 6.45) is -4.93. The van der Waals surface area contributed by atoms with Crippen molar-refractivity contribution in [2.75, 3.05) is 0 Å². The molecule has 3 aromatic heterocycles. The lowest BCUT2D eigenvalue weighted by Gasteiger charge is -2.15. The SMILES string of the molecule is Cc1ccc(-c2ccc(-c3c4c(c(-c5ccc(-c6ccc(C(F)(F)F)c(SC(F)(F)F)c6)s5)c5nsnc35)N=S=N4)s2)cc1C. The molecule has 3 aromatic carbocycles. The van der Waals surface area contributed by atoms with E-state index < -0.39 is 33.9 Å². The molecule has 1 aliphatic heterocycles. The highest BCUT2D eigenvalue weighted by Crippen LogP contribution is 2.55. The Balaban J connectivity index is 1.32. The van der Waals surface area contributed by atoms with Gasteiger partial charge >= 0.3 is 11.7 Å². The van der Waals surface area contributed by atoms with Crippen LogP contribution in [0, 0.1) is 13.8 Å². The van der Waals surface area contributed by atoms with Gasteiger partial charge in [0.15, 0.2) is 0 Å². The second kappa shape index (κ2) is 11.2. The Bertz CT molecular complexity index is 2200. The minimum absolute atomic E-state index is 0.236. The molecule has 0 saturated carbocycles. The van der Waals surface area contributed by atoms with Crippen molar-refractivity contribution < 1.29 is 26.3 Å². The van der Waals surface area contributed by atoms with Crippen molar-refractivity contribution in [2.45, 2.75) is 30.4 Å². The molecule has 0 spiro atoms. The van der Waals surface area contributed by atoms with Gasteiger partial charge in [-0.2, -0.15) is 43.8 Å². The predicted molar refractivity (Wildman–Crippen MR) is 173 cm³/mol. The first kappa shape index (κ1) is 30.3. The number of rotatable bonds is 5. The van der Waals surface area contributed by atoms with E-state index in [0.717, 1.165) is 50.0 Å². The number of nitrogens with zero attached hydrogens (tertiary/aromatic N) is 4. The van der Waals surface area contributed by atoms with Crippen LogP contribution >= 0.6 is 46.2 Å². The number of aryl methyl sites for hydroxylation is 2. The van der Waals surface area contributed by atoms with Crippen molar-refractivity contribution >= 4 is 79.9 Å². The molecular formula is C30H16F6N4S5. The number of hydrogen-bond donors (Lipinski definition) is 0. The summed E-state index contributed by atoms with van der Waals surface area (Å²) < 4.78 is 98.4. The highest BCUT2D eigenvalue weighted by Gasteiger charge is 2.38. The summed E-state index contributed by atoms with van der Waals surface area (Å²) in [5.74, 6) is 0. The van der Waals surface area contributed by atoms with E-state index in [9.17, 15) is 26.3 Å². The number of alkyl halides is 6. The Morgan fingerprint density at radius 1 is 0.622 bits per heavy atom. The van der Waals surface area contributed by atoms with Crippen LogP contribution in [0.25, 0.3) is 52.8 Å². The fourth-order valence-electron chi connectivity index (χ4n) is 4.99. The summed E-state index contributed by atoms with van der Waals surface area (Å²) in [7, 11) is 0. The zero-order valence-electron chi connectivity index (χ0n) is 22.9. The molecule has 0 radical (unpaired) electrons. The third-order valence-corrected chi connectivity index (χ3v) is 11.4. The van der Waals surface area contributed by atoms with Gasteiger partial charge in [-0.1, -0.05) is 24.3 Å². The van der Waals surface area contributed by atoms with Crippen LogP contribution in [0.1, 0.15) is 16.7 Å². The Morgan fingerprint density at radius 2 is 1.16 bits per heavy atom. The van der Waals surface area contributed by atoms with Crippen molar-refractivity contribution in [1.29, 1.82) is 0 Å². The Hall–Kier alpha value is -3.37. The molecule has 6 aromatic rings. The smallest absolute Gasteiger partial charge is 0.172 e. The summed E-state index contributed by atoms with van der Waals surface area (Å²) in [4.78, 5) is 2.33. The molecule has 0 amide bonds. The van der Waals surface area contributed by atoms with Gasteiger partial charge in [-0.3, -0.25) is 0 Å². The molecular weight excluding hydrogens is 691 g/mol. The summed E-state index contributed by atoms with van der Waals surface area (Å²) in [5, 5.41) is 0. The predicted octanol–water partition coefficient (Wildman–Crippen LogP) is 12.5. The van der Waals surface area contributed by atoms with Crippen molar-refractivity contribution in [3.8, 4) is 41.8 Å². The molecule has 0 unspecified atom stereocenters. The summed E-state index contributed by atoms with van der Waals surface area (Å²) in [6.45, 7) is 4.15. The highest BCUT2D eigenvalue weighted by molar-refractivity contribution is 8.00. The van der Waals surface area contributed by atoms with Gasteiger partial charge in [0.1, 0.15) is 22.4 Å². The topological polar surface area (TPSA) is 50.5 Å². The molecule has 1 aliphatic rings. The first-order valence-corrected chi connectivity index (χ1v) is 16.9. The van der Waals surface area contributed by atoms with E-state index in [-0.39, 0.29) is 5.56 Å². The van der Waals surface area contributed by atoms with Crippen molar-refractivity contribution in [3.63, 3.8) is 0 Å². The molecule has 0 bridgehead atoms. The second-order valence-corrected chi connectivity index (χ2v) is 14.4. The number of halogens is 6. The van der Waals surface area contributed by atoms with E-state index in [0.29, 0.717) is 43.8 Å². The standard InChI is InChI=1S/C30H16F6N4S5/c1-13-3-4-15(11-14(13)2)18-7-9-20(41-18)23-25-27(39-44-37-25)24(28-26(23)38-45-40-28)21-10-8-19(42-21)16-5-6-17(29(31,32)33)22(12-16)43-30(34,35)36/h3-12H,1-2H3. The third-order valence-electron chi connectivity index (χ3n) is 7.22. The number of thioether (sulfide) groups is 1. The largest absolute Gasteiger partial charge is 0.446 e. The van der Waals surface area contributed by atoms with E-state index in [1.807, 2.05) is 6.07 Å². The van der Waals surface area contributed by atoms with Crippen molar-refractivity contribution in [3.05, 3.63) is 77.4 Å². The van der Waals surface area contributed by atoms with Gasteiger partial charge in [0.05, 0.1) is 28.6 Å². The fraction of sp³-hybridized carbons (Fsp3) is 0.133. The maximum atomic E-state index is 13.5. The molecule has 45 heavy (non-hydrogen) atoms. The minimum Gasteiger partial charge on any atom is -0.172 e. The number of hydrogen-bond acceptors (Lipinski definition) is 8. The Morgan fingerprint density at radius 3 is 1.69 bits per heavy atom. The van der Waals surface area contributed by atoms with Gasteiger partial charge < -0.3 is 0 Å². The molecule has 15 heteroatoms. The highest BCUT2D eigenvalue weighted by atomic mass is 32.2. The van der Waals surface area contributed by atoms with Crippen LogP contribution in [0.3, 0.4) is 0 Å². The molecule has 4 nitrogen and oxygen atoms in total. The van der Waals surface area contributed by atoms with Gasteiger partial charge in [-0.05, 0) is 84.3 Å². The van der Waals surface area contributed by atoms with Crippen LogP contribution in [0.4, 0.5) is 37.7 Å². The van der Waals surface area contributed by atoms with Gasteiger partial charge in [-0.25, -0.2) is 0 Å².